The molecule has 6 N–H and O–H groups in total. The van der Waals surface area contributed by atoms with E-state index in [1.165, 1.54) is 6.92 Å². The molecule has 0 saturated carbocycles. The van der Waals surface area contributed by atoms with E-state index >= 15 is 0 Å². The van der Waals surface area contributed by atoms with Gasteiger partial charge in [0.05, 0.1) is 25.7 Å². The highest BCUT2D eigenvalue weighted by Crippen LogP contribution is 2.20. The van der Waals surface area contributed by atoms with Crippen LogP contribution >= 0.6 is 12.6 Å². The van der Waals surface area contributed by atoms with Crippen LogP contribution in [0.15, 0.2) is 35.9 Å². The van der Waals surface area contributed by atoms with Gasteiger partial charge in [0.15, 0.2) is 5.12 Å². The molecule has 0 radical (unpaired) electrons. The van der Waals surface area contributed by atoms with Gasteiger partial charge < -0.3 is 31.5 Å². The Morgan fingerprint density at radius 2 is 1.57 bits per heavy atom. The number of hydrogen-bond donors (Lipinski definition) is 7. The third kappa shape index (κ3) is 16.2. The van der Waals surface area contributed by atoms with Crippen LogP contribution in [0, 0.1) is 11.8 Å². The fraction of sp³-hybridized carbons (Fsp3) is 0.529. The summed E-state index contributed by atoms with van der Waals surface area (Å²) >= 11 is 3.86. The van der Waals surface area contributed by atoms with Crippen molar-refractivity contribution in [1.29, 1.82) is 0 Å². The molecule has 0 aromatic heterocycles. The number of likely N-dealkylation sites (tertiary alicyclic amines) is 1. The lowest BCUT2D eigenvalue weighted by molar-refractivity contribution is -0.134. The van der Waals surface area contributed by atoms with E-state index in [-0.39, 0.29) is 55.4 Å². The average Bonchev–Trinajstić information content (AvgIpc) is 3.09. The van der Waals surface area contributed by atoms with E-state index in [1.54, 1.807) is 42.2 Å². The molecule has 2 rings (SSSR count). The molecule has 1 aromatic carbocycles. The summed E-state index contributed by atoms with van der Waals surface area (Å²) in [6.45, 7) is 7.34. The molecular formula is C34H49N7O9S. The Morgan fingerprint density at radius 3 is 2.18 bits per heavy atom. The number of hydrogen-bond acceptors (Lipinski definition) is 9. The van der Waals surface area contributed by atoms with Gasteiger partial charge in [0.25, 0.3) is 5.91 Å². The first-order valence-electron chi connectivity index (χ1n) is 16.7. The normalized spacial score (nSPS) is 14.5. The minimum Gasteiger partial charge on any atom is -0.350 e. The number of nitrogens with zero attached hydrogens (tertiary/aromatic N) is 1. The summed E-state index contributed by atoms with van der Waals surface area (Å²) in [6, 6.07) is 5.28. The van der Waals surface area contributed by atoms with E-state index in [9.17, 15) is 38.4 Å². The van der Waals surface area contributed by atoms with Crippen molar-refractivity contribution in [3.63, 3.8) is 0 Å². The van der Waals surface area contributed by atoms with E-state index in [0.717, 1.165) is 0 Å². The zero-order valence-electron chi connectivity index (χ0n) is 29.4. The monoisotopic (exact) mass is 731 g/mol. The van der Waals surface area contributed by atoms with E-state index in [2.05, 4.69) is 44.7 Å². The van der Waals surface area contributed by atoms with E-state index in [1.807, 2.05) is 13.8 Å². The van der Waals surface area contributed by atoms with Crippen LogP contribution in [-0.2, 0) is 49.8 Å². The van der Waals surface area contributed by atoms with Crippen LogP contribution in [0.25, 0.3) is 0 Å². The van der Waals surface area contributed by atoms with E-state index < -0.39 is 41.6 Å². The zero-order valence-corrected chi connectivity index (χ0v) is 30.3. The average molecular weight is 732 g/mol. The molecule has 51 heavy (non-hydrogen) atoms. The van der Waals surface area contributed by atoms with Gasteiger partial charge in [-0.3, -0.25) is 43.2 Å². The number of carbonyl (C=O) groups excluding carboxylic acids is 8. The predicted molar refractivity (Wildman–Crippen MR) is 190 cm³/mol. The van der Waals surface area contributed by atoms with Crippen LogP contribution in [0.3, 0.4) is 0 Å². The molecule has 17 heteroatoms. The van der Waals surface area contributed by atoms with Crippen LogP contribution in [0.4, 0.5) is 5.69 Å². The van der Waals surface area contributed by atoms with Crippen molar-refractivity contribution in [3.05, 3.63) is 41.5 Å². The molecule has 280 valence electrons. The van der Waals surface area contributed by atoms with Crippen molar-refractivity contribution in [3.8, 4) is 0 Å². The number of benzene rings is 1. The summed E-state index contributed by atoms with van der Waals surface area (Å²) in [5, 5.41) is 12.6. The number of anilines is 1. The van der Waals surface area contributed by atoms with Crippen LogP contribution in [0.1, 0.15) is 65.4 Å². The van der Waals surface area contributed by atoms with Crippen LogP contribution in [-0.4, -0.2) is 90.1 Å². The molecule has 2 atom stereocenters. The second-order valence-electron chi connectivity index (χ2n) is 12.5. The molecule has 1 heterocycles. The Bertz CT molecular complexity index is 1430. The number of rotatable bonds is 20. The fourth-order valence-corrected chi connectivity index (χ4v) is 5.14. The lowest BCUT2D eigenvalue weighted by Crippen LogP contribution is -2.45. The van der Waals surface area contributed by atoms with Crippen LogP contribution < -0.4 is 32.1 Å². The van der Waals surface area contributed by atoms with Gasteiger partial charge in [-0.05, 0) is 56.7 Å². The number of hydroxylamine groups is 1. The first-order chi connectivity index (χ1) is 24.2. The molecule has 0 spiro atoms. The Balaban J connectivity index is 1.67. The van der Waals surface area contributed by atoms with Crippen LogP contribution in [0.2, 0.25) is 0 Å². The highest BCUT2D eigenvalue weighted by atomic mass is 32.1. The summed E-state index contributed by atoms with van der Waals surface area (Å²) in [4.78, 5) is 103. The first kappa shape index (κ1) is 42.4. The maximum absolute atomic E-state index is 12.6. The lowest BCUT2D eigenvalue weighted by atomic mass is 9.98. The van der Waals surface area contributed by atoms with Crippen molar-refractivity contribution in [2.45, 2.75) is 78.5 Å². The minimum atomic E-state index is -0.903. The van der Waals surface area contributed by atoms with Gasteiger partial charge in [-0.25, -0.2) is 5.48 Å². The standard InChI is InChI=1S/C34H49N7O9S/c1-21(2)27(39-29(44)17-35-20-42)16-22(3)32(47)40-50-19-24-8-10-26(11-9-24)38-33(48)23(4)37-30(45)18-36-28(43)6-5-7-31(46)41-14-12-25(13-15-41)34(49)51/h8-11,16,20-21,23,25,27H,5-7,12-15,17-19H2,1-4H3,(H,35,42)(H,36,43)(H,37,45)(H,38,48)(H,39,44)(H,40,47)(H,49,51)/b22-16+. The Labute approximate surface area is 303 Å². The smallest absolute Gasteiger partial charge is 0.270 e. The van der Waals surface area contributed by atoms with Crippen LogP contribution in [0.5, 0.6) is 0 Å². The second-order valence-corrected chi connectivity index (χ2v) is 12.9. The molecule has 0 aliphatic carbocycles. The third-order valence-electron chi connectivity index (χ3n) is 8.01. The summed E-state index contributed by atoms with van der Waals surface area (Å²) < 4.78 is 0. The van der Waals surface area contributed by atoms with Crippen molar-refractivity contribution >= 4 is 65.3 Å². The summed E-state index contributed by atoms with van der Waals surface area (Å²) in [7, 11) is 0. The molecule has 1 aromatic rings. The number of nitrogens with one attached hydrogen (secondary N) is 6. The molecule has 2 unspecified atom stereocenters. The van der Waals surface area contributed by atoms with Gasteiger partial charge >= 0.3 is 0 Å². The maximum Gasteiger partial charge on any atom is 0.270 e. The van der Waals surface area contributed by atoms with Gasteiger partial charge in [-0.15, -0.1) is 12.6 Å². The molecule has 16 nitrogen and oxygen atoms in total. The molecule has 1 saturated heterocycles. The van der Waals surface area contributed by atoms with Crippen molar-refractivity contribution in [2.24, 2.45) is 11.8 Å². The Hall–Kier alpha value is -4.77. The number of amides is 7. The number of thiol groups is 1. The van der Waals surface area contributed by atoms with Gasteiger partial charge in [0.2, 0.25) is 35.9 Å². The van der Waals surface area contributed by atoms with Gasteiger partial charge in [0, 0.05) is 43.1 Å². The molecule has 7 amide bonds. The van der Waals surface area contributed by atoms with Gasteiger partial charge in [-0.2, -0.15) is 0 Å². The first-order valence-corrected chi connectivity index (χ1v) is 17.2. The SMILES string of the molecule is C/C(=C\C(NC(=O)CNC=O)C(C)C)C(=O)NOCc1ccc(NC(=O)C(C)NC(=O)CNC(=O)CCCC(=O)N2CCC(C(=O)S)CC2)cc1. The van der Waals surface area contributed by atoms with Gasteiger partial charge in [0.1, 0.15) is 6.04 Å². The lowest BCUT2D eigenvalue weighted by Gasteiger charge is -2.30. The summed E-state index contributed by atoms with van der Waals surface area (Å²) in [5.41, 5.74) is 3.82. The van der Waals surface area contributed by atoms with Gasteiger partial charge in [-0.1, -0.05) is 32.1 Å². The Morgan fingerprint density at radius 1 is 0.922 bits per heavy atom. The molecule has 0 bridgehead atoms. The largest absolute Gasteiger partial charge is 0.350 e. The van der Waals surface area contributed by atoms with E-state index in [4.69, 9.17) is 4.84 Å². The van der Waals surface area contributed by atoms with Crippen molar-refractivity contribution < 1.29 is 43.2 Å². The van der Waals surface area contributed by atoms with Crippen molar-refractivity contribution in [2.75, 3.05) is 31.5 Å². The number of piperidine rings is 1. The highest BCUT2D eigenvalue weighted by Gasteiger charge is 2.25. The minimum absolute atomic E-state index is 0.0192. The molecule has 1 fully saturated rings. The Kier molecular flexibility index (Phi) is 18.4. The molecular weight excluding hydrogens is 682 g/mol. The van der Waals surface area contributed by atoms with E-state index in [0.29, 0.717) is 55.6 Å². The zero-order chi connectivity index (χ0) is 37.9. The third-order valence-corrected chi connectivity index (χ3v) is 8.38. The topological polar surface area (TPSA) is 221 Å². The molecule has 1 aliphatic heterocycles. The summed E-state index contributed by atoms with van der Waals surface area (Å²) in [5.74, 6) is -2.54. The number of carbonyl (C=O) groups is 8. The molecule has 1 aliphatic rings. The fourth-order valence-electron chi connectivity index (χ4n) is 4.88. The summed E-state index contributed by atoms with van der Waals surface area (Å²) in [6.07, 6.45) is 3.76. The quantitative estimate of drug-likeness (QED) is 0.0429. The van der Waals surface area contributed by atoms with Crippen molar-refractivity contribution in [1.82, 2.24) is 31.6 Å². The second kappa shape index (κ2) is 22.1. The predicted octanol–water partition coefficient (Wildman–Crippen LogP) is 0.492. The maximum atomic E-state index is 12.6. The highest BCUT2D eigenvalue weighted by molar-refractivity contribution is 7.96.